The first-order valence-electron chi connectivity index (χ1n) is 4.21. The highest BCUT2D eigenvalue weighted by Gasteiger charge is 2.26. The lowest BCUT2D eigenvalue weighted by Gasteiger charge is -2.27. The number of hydrogen-bond donors (Lipinski definition) is 1. The highest BCUT2D eigenvalue weighted by atomic mass is 16.5. The van der Waals surface area contributed by atoms with Crippen molar-refractivity contribution in [2.75, 3.05) is 0 Å². The topological polar surface area (TPSA) is 29.5 Å². The molecule has 1 fully saturated rings. The maximum atomic E-state index is 9.47. The van der Waals surface area contributed by atoms with Gasteiger partial charge in [-0.2, -0.15) is 0 Å². The zero-order valence-corrected chi connectivity index (χ0v) is 7.29. The molecular weight excluding hydrogens is 152 g/mol. The zero-order chi connectivity index (χ0) is 8.97. The van der Waals surface area contributed by atoms with Crippen LogP contribution in [-0.4, -0.2) is 17.3 Å². The summed E-state index contributed by atoms with van der Waals surface area (Å²) in [4.78, 5) is 0. The molecule has 0 aromatic rings. The van der Waals surface area contributed by atoms with E-state index in [2.05, 4.69) is 12.2 Å². The highest BCUT2D eigenvalue weighted by Crippen LogP contribution is 2.25. The van der Waals surface area contributed by atoms with Gasteiger partial charge >= 0.3 is 0 Å². The normalized spacial score (nSPS) is 32.9. The van der Waals surface area contributed by atoms with E-state index in [4.69, 9.17) is 11.2 Å². The zero-order valence-electron chi connectivity index (χ0n) is 7.29. The molecule has 0 radical (unpaired) electrons. The van der Waals surface area contributed by atoms with E-state index in [1.807, 2.05) is 6.92 Å². The average Bonchev–Trinajstić information content (AvgIpc) is 2.09. The Balaban J connectivity index is 2.54. The van der Waals surface area contributed by atoms with Crippen molar-refractivity contribution in [3.05, 3.63) is 11.6 Å². The molecule has 0 heterocycles. The molecule has 0 amide bonds. The number of aliphatic hydroxyl groups is 1. The standard InChI is InChI=1S/C10H14O2/c1-3-8-5-6-9(11)10(7-8)12-4-2/h2-3,9-11H,5-7H2,1H3/b8-3+. The van der Waals surface area contributed by atoms with Crippen molar-refractivity contribution in [2.45, 2.75) is 38.4 Å². The Kier molecular flexibility index (Phi) is 3.19. The van der Waals surface area contributed by atoms with E-state index in [1.165, 1.54) is 5.57 Å². The summed E-state index contributed by atoms with van der Waals surface area (Å²) in [7, 11) is 0. The predicted octanol–water partition coefficient (Wildman–Crippen LogP) is 1.45. The molecule has 1 N–H and O–H groups in total. The maximum Gasteiger partial charge on any atom is 0.140 e. The summed E-state index contributed by atoms with van der Waals surface area (Å²) >= 11 is 0. The number of terminal acetylenes is 1. The van der Waals surface area contributed by atoms with Crippen LogP contribution in [0, 0.1) is 12.5 Å². The third kappa shape index (κ3) is 2.02. The lowest BCUT2D eigenvalue weighted by Crippen LogP contribution is -2.31. The van der Waals surface area contributed by atoms with Gasteiger partial charge in [-0.1, -0.05) is 18.1 Å². The molecule has 0 spiro atoms. The number of allylic oxidation sites excluding steroid dienone is 1. The van der Waals surface area contributed by atoms with Gasteiger partial charge in [-0.15, -0.1) is 0 Å². The summed E-state index contributed by atoms with van der Waals surface area (Å²) < 4.78 is 4.96. The number of ether oxygens (including phenoxy) is 1. The van der Waals surface area contributed by atoms with Gasteiger partial charge in [-0.3, -0.25) is 0 Å². The molecule has 0 saturated heterocycles. The smallest absolute Gasteiger partial charge is 0.140 e. The predicted molar refractivity (Wildman–Crippen MR) is 47.3 cm³/mol. The lowest BCUT2D eigenvalue weighted by atomic mass is 9.90. The summed E-state index contributed by atoms with van der Waals surface area (Å²) in [6.07, 6.45) is 11.1. The molecular formula is C10H14O2. The van der Waals surface area contributed by atoms with Gasteiger partial charge in [0.15, 0.2) is 0 Å². The van der Waals surface area contributed by atoms with Crippen molar-refractivity contribution in [2.24, 2.45) is 0 Å². The fraction of sp³-hybridized carbons (Fsp3) is 0.600. The van der Waals surface area contributed by atoms with Gasteiger partial charge < -0.3 is 9.84 Å². The van der Waals surface area contributed by atoms with Crippen molar-refractivity contribution < 1.29 is 9.84 Å². The molecule has 2 unspecified atom stereocenters. The summed E-state index contributed by atoms with van der Waals surface area (Å²) in [6, 6.07) is 0. The summed E-state index contributed by atoms with van der Waals surface area (Å²) in [5, 5.41) is 9.47. The molecule has 1 saturated carbocycles. The molecule has 1 rings (SSSR count). The van der Waals surface area contributed by atoms with Gasteiger partial charge in [0.2, 0.25) is 0 Å². The van der Waals surface area contributed by atoms with E-state index in [9.17, 15) is 5.11 Å². The van der Waals surface area contributed by atoms with Crippen molar-refractivity contribution in [3.63, 3.8) is 0 Å². The first-order chi connectivity index (χ1) is 5.77. The third-order valence-electron chi connectivity index (χ3n) is 2.28. The second kappa shape index (κ2) is 4.18. The molecule has 2 nitrogen and oxygen atoms in total. The molecule has 2 heteroatoms. The van der Waals surface area contributed by atoms with Crippen LogP contribution >= 0.6 is 0 Å². The molecule has 1 aliphatic carbocycles. The minimum Gasteiger partial charge on any atom is -0.440 e. The Bertz CT molecular complexity index is 212. The van der Waals surface area contributed by atoms with E-state index in [-0.39, 0.29) is 6.10 Å². The number of aliphatic hydroxyl groups excluding tert-OH is 1. The Hall–Kier alpha value is -0.940. The van der Waals surface area contributed by atoms with E-state index >= 15 is 0 Å². The van der Waals surface area contributed by atoms with Gasteiger partial charge in [0.1, 0.15) is 12.2 Å². The number of hydrogen-bond acceptors (Lipinski definition) is 2. The molecule has 0 aliphatic heterocycles. The van der Waals surface area contributed by atoms with Gasteiger partial charge in [0.05, 0.1) is 6.10 Å². The van der Waals surface area contributed by atoms with Crippen LogP contribution < -0.4 is 0 Å². The summed E-state index contributed by atoms with van der Waals surface area (Å²) in [5.41, 5.74) is 1.32. The van der Waals surface area contributed by atoms with Crippen LogP contribution in [0.4, 0.5) is 0 Å². The summed E-state index contributed by atoms with van der Waals surface area (Å²) in [5.74, 6) is 0. The van der Waals surface area contributed by atoms with Crippen molar-refractivity contribution in [1.82, 2.24) is 0 Å². The third-order valence-corrected chi connectivity index (χ3v) is 2.28. The van der Waals surface area contributed by atoms with E-state index in [1.54, 1.807) is 0 Å². The minimum atomic E-state index is -0.398. The SMILES string of the molecule is C#COC1C/C(=C/C)CCC1O. The average molecular weight is 166 g/mol. The van der Waals surface area contributed by atoms with E-state index < -0.39 is 6.10 Å². The fourth-order valence-corrected chi connectivity index (χ4v) is 1.49. The molecule has 12 heavy (non-hydrogen) atoms. The highest BCUT2D eigenvalue weighted by molar-refractivity contribution is 5.07. The Morgan fingerprint density at radius 2 is 2.50 bits per heavy atom. The largest absolute Gasteiger partial charge is 0.440 e. The Labute approximate surface area is 73.2 Å². The van der Waals surface area contributed by atoms with Crippen LogP contribution in [0.1, 0.15) is 26.2 Å². The van der Waals surface area contributed by atoms with Crippen LogP contribution in [0.15, 0.2) is 11.6 Å². The maximum absolute atomic E-state index is 9.47. The van der Waals surface area contributed by atoms with E-state index in [0.717, 1.165) is 19.3 Å². The molecule has 2 atom stereocenters. The second-order valence-electron chi connectivity index (χ2n) is 3.03. The van der Waals surface area contributed by atoms with Gasteiger partial charge in [0, 0.05) is 6.42 Å². The monoisotopic (exact) mass is 166 g/mol. The second-order valence-corrected chi connectivity index (χ2v) is 3.03. The van der Waals surface area contributed by atoms with Crippen LogP contribution in [0.5, 0.6) is 0 Å². The quantitative estimate of drug-likeness (QED) is 0.472. The van der Waals surface area contributed by atoms with Crippen molar-refractivity contribution in [3.8, 4) is 12.5 Å². The lowest BCUT2D eigenvalue weighted by molar-refractivity contribution is 0.00366. The molecule has 1 aliphatic rings. The summed E-state index contributed by atoms with van der Waals surface area (Å²) in [6.45, 7) is 2.00. The van der Waals surface area contributed by atoms with Crippen molar-refractivity contribution in [1.29, 1.82) is 0 Å². The van der Waals surface area contributed by atoms with E-state index in [0.29, 0.717) is 0 Å². The molecule has 0 aromatic heterocycles. The first-order valence-corrected chi connectivity index (χ1v) is 4.21. The fourth-order valence-electron chi connectivity index (χ4n) is 1.49. The minimum absolute atomic E-state index is 0.199. The van der Waals surface area contributed by atoms with Gasteiger partial charge in [-0.25, -0.2) is 0 Å². The van der Waals surface area contributed by atoms with Gasteiger partial charge in [0.25, 0.3) is 0 Å². The van der Waals surface area contributed by atoms with Crippen LogP contribution in [-0.2, 0) is 4.74 Å². The molecule has 0 aromatic carbocycles. The Morgan fingerprint density at radius 1 is 1.75 bits per heavy atom. The Morgan fingerprint density at radius 3 is 3.08 bits per heavy atom. The van der Waals surface area contributed by atoms with Gasteiger partial charge in [-0.05, 0) is 19.8 Å². The van der Waals surface area contributed by atoms with Crippen LogP contribution in [0.25, 0.3) is 0 Å². The van der Waals surface area contributed by atoms with Crippen LogP contribution in [0.2, 0.25) is 0 Å². The first kappa shape index (κ1) is 9.15. The number of rotatable bonds is 1. The molecule has 66 valence electrons. The van der Waals surface area contributed by atoms with Crippen LogP contribution in [0.3, 0.4) is 0 Å². The molecule has 0 bridgehead atoms. The van der Waals surface area contributed by atoms with Crippen molar-refractivity contribution >= 4 is 0 Å².